The predicted octanol–water partition coefficient (Wildman–Crippen LogP) is 2.88. The summed E-state index contributed by atoms with van der Waals surface area (Å²) in [5, 5.41) is 12.6. The van der Waals surface area contributed by atoms with Gasteiger partial charge in [0.1, 0.15) is 5.82 Å². The first-order chi connectivity index (χ1) is 19.4. The second-order valence-corrected chi connectivity index (χ2v) is 8.41. The van der Waals surface area contributed by atoms with E-state index in [1.807, 2.05) is 24.3 Å². The van der Waals surface area contributed by atoms with Crippen molar-refractivity contribution in [2.75, 3.05) is 24.5 Å². The zero-order valence-corrected chi connectivity index (χ0v) is 21.5. The number of carbonyl (C=O) groups is 4. The summed E-state index contributed by atoms with van der Waals surface area (Å²) >= 11 is 0. The van der Waals surface area contributed by atoms with Crippen molar-refractivity contribution in [1.82, 2.24) is 25.6 Å². The Morgan fingerprint density at radius 2 is 1.83 bits per heavy atom. The van der Waals surface area contributed by atoms with Gasteiger partial charge in [-0.25, -0.2) is 9.78 Å². The maximum atomic E-state index is 12.3. The third kappa shape index (κ3) is 7.88. The van der Waals surface area contributed by atoms with E-state index in [2.05, 4.69) is 38.7 Å². The molecule has 3 amide bonds. The number of halogens is 3. The number of aromatic amines is 1. The molecule has 14 heteroatoms. The minimum absolute atomic E-state index is 0.0690. The maximum absolute atomic E-state index is 12.3. The fourth-order valence-corrected chi connectivity index (χ4v) is 3.71. The zero-order chi connectivity index (χ0) is 30.2. The van der Waals surface area contributed by atoms with Crippen LogP contribution in [0.4, 0.5) is 19.0 Å². The number of hydrogen-bond acceptors (Lipinski definition) is 6. The molecule has 4 heterocycles. The molecule has 1 aliphatic heterocycles. The molecule has 0 saturated heterocycles. The van der Waals surface area contributed by atoms with Crippen molar-refractivity contribution in [3.8, 4) is 22.5 Å². The molecule has 214 valence electrons. The number of aromatic nitrogens is 3. The van der Waals surface area contributed by atoms with E-state index in [4.69, 9.17) is 9.90 Å². The molecule has 0 aromatic carbocycles. The normalized spacial score (nSPS) is 12.1. The van der Waals surface area contributed by atoms with Crippen LogP contribution in [-0.4, -0.2) is 69.6 Å². The number of carboxylic acids is 1. The number of carboxylic acid groups (broad SMARTS) is 1. The average Bonchev–Trinajstić information content (AvgIpc) is 3.41. The first-order valence-electron chi connectivity index (χ1n) is 12.0. The minimum Gasteiger partial charge on any atom is -0.475 e. The standard InChI is InChI=1S/C25H24N6O3.C2HF3O2/c1-3-23(32)27-11-12-31(24(33)4-2)22-6-5-17(15-29-22)20-13-16(7-9-26-20)21-14-18-19(30-21)8-10-28-25(18)34;3-2(4,5)1(6)7/h3-7,9,13-15,30H,1-2,8,10-12H2,(H,27,32)(H,28,34);(H,6,7). The van der Waals surface area contributed by atoms with Crippen LogP contribution < -0.4 is 15.5 Å². The van der Waals surface area contributed by atoms with Crippen molar-refractivity contribution < 1.29 is 37.5 Å². The molecule has 0 fully saturated rings. The first-order valence-corrected chi connectivity index (χ1v) is 12.0. The van der Waals surface area contributed by atoms with Crippen LogP contribution in [0.15, 0.2) is 68.0 Å². The number of pyridine rings is 2. The molecule has 0 aliphatic carbocycles. The summed E-state index contributed by atoms with van der Waals surface area (Å²) < 4.78 is 31.7. The quantitative estimate of drug-likeness (QED) is 0.303. The summed E-state index contributed by atoms with van der Waals surface area (Å²) in [7, 11) is 0. The number of nitrogens with zero attached hydrogens (tertiary/aromatic N) is 3. The van der Waals surface area contributed by atoms with Gasteiger partial charge in [0.2, 0.25) is 5.91 Å². The summed E-state index contributed by atoms with van der Waals surface area (Å²) in [6, 6.07) is 9.20. The van der Waals surface area contributed by atoms with Gasteiger partial charge in [-0.15, -0.1) is 0 Å². The van der Waals surface area contributed by atoms with E-state index in [0.29, 0.717) is 23.6 Å². The van der Waals surface area contributed by atoms with Crippen LogP contribution >= 0.6 is 0 Å². The smallest absolute Gasteiger partial charge is 0.475 e. The summed E-state index contributed by atoms with van der Waals surface area (Å²) in [6.45, 7) is 8.04. The Hall–Kier alpha value is -5.27. The molecule has 41 heavy (non-hydrogen) atoms. The molecule has 0 unspecified atom stereocenters. The molecule has 0 bridgehead atoms. The summed E-state index contributed by atoms with van der Waals surface area (Å²) in [6.07, 6.45) is 1.40. The highest BCUT2D eigenvalue weighted by atomic mass is 19.4. The number of alkyl halides is 3. The molecular formula is C27H25F3N6O5. The van der Waals surface area contributed by atoms with Gasteiger partial charge in [0, 0.05) is 61.0 Å². The molecule has 3 aromatic rings. The van der Waals surface area contributed by atoms with Crippen LogP contribution in [0.5, 0.6) is 0 Å². The van der Waals surface area contributed by atoms with E-state index in [0.717, 1.165) is 28.9 Å². The van der Waals surface area contributed by atoms with Crippen molar-refractivity contribution in [1.29, 1.82) is 0 Å². The Morgan fingerprint density at radius 1 is 1.10 bits per heavy atom. The predicted molar refractivity (Wildman–Crippen MR) is 143 cm³/mol. The van der Waals surface area contributed by atoms with E-state index in [9.17, 15) is 27.6 Å². The number of aliphatic carboxylic acids is 1. The van der Waals surface area contributed by atoms with Gasteiger partial charge in [-0.05, 0) is 42.5 Å². The van der Waals surface area contributed by atoms with Crippen molar-refractivity contribution in [2.45, 2.75) is 12.6 Å². The van der Waals surface area contributed by atoms with E-state index in [1.165, 1.54) is 17.1 Å². The van der Waals surface area contributed by atoms with E-state index in [-0.39, 0.29) is 30.8 Å². The van der Waals surface area contributed by atoms with Crippen molar-refractivity contribution >= 4 is 29.5 Å². The van der Waals surface area contributed by atoms with Gasteiger partial charge < -0.3 is 20.7 Å². The zero-order valence-electron chi connectivity index (χ0n) is 21.5. The molecule has 11 nitrogen and oxygen atoms in total. The second kappa shape index (κ2) is 13.2. The summed E-state index contributed by atoms with van der Waals surface area (Å²) in [4.78, 5) is 58.3. The van der Waals surface area contributed by atoms with Gasteiger partial charge in [0.25, 0.3) is 11.8 Å². The lowest BCUT2D eigenvalue weighted by Gasteiger charge is -2.20. The fourth-order valence-electron chi connectivity index (χ4n) is 3.71. The maximum Gasteiger partial charge on any atom is 0.490 e. The van der Waals surface area contributed by atoms with Crippen molar-refractivity contribution in [3.05, 3.63) is 79.3 Å². The van der Waals surface area contributed by atoms with E-state index >= 15 is 0 Å². The number of anilines is 1. The molecule has 0 spiro atoms. The van der Waals surface area contributed by atoms with Gasteiger partial charge >= 0.3 is 12.1 Å². The number of H-pyrrole nitrogens is 1. The molecular weight excluding hydrogens is 545 g/mol. The molecule has 0 radical (unpaired) electrons. The topological polar surface area (TPSA) is 157 Å². The number of hydrogen-bond donors (Lipinski definition) is 4. The third-order valence-corrected chi connectivity index (χ3v) is 5.70. The lowest BCUT2D eigenvalue weighted by Crippen LogP contribution is -2.37. The first kappa shape index (κ1) is 30.3. The third-order valence-electron chi connectivity index (χ3n) is 5.70. The minimum atomic E-state index is -5.08. The highest BCUT2D eigenvalue weighted by Gasteiger charge is 2.38. The van der Waals surface area contributed by atoms with Crippen LogP contribution in [0, 0.1) is 0 Å². The van der Waals surface area contributed by atoms with Crippen molar-refractivity contribution in [2.24, 2.45) is 0 Å². The van der Waals surface area contributed by atoms with Crippen LogP contribution in [-0.2, 0) is 20.8 Å². The van der Waals surface area contributed by atoms with Gasteiger partial charge in [0.05, 0.1) is 11.3 Å². The van der Waals surface area contributed by atoms with Crippen LogP contribution in [0.25, 0.3) is 22.5 Å². The van der Waals surface area contributed by atoms with Gasteiger partial charge in [-0.2, -0.15) is 13.2 Å². The van der Waals surface area contributed by atoms with Gasteiger partial charge in [0.15, 0.2) is 0 Å². The Kier molecular flexibility index (Phi) is 9.74. The Labute approximate surface area is 231 Å². The van der Waals surface area contributed by atoms with Gasteiger partial charge in [-0.3, -0.25) is 24.3 Å². The number of fused-ring (bicyclic) bond motifs is 1. The second-order valence-electron chi connectivity index (χ2n) is 8.41. The highest BCUT2D eigenvalue weighted by molar-refractivity contribution is 6.00. The largest absolute Gasteiger partial charge is 0.490 e. The Balaban J connectivity index is 0.000000587. The molecule has 0 saturated carbocycles. The van der Waals surface area contributed by atoms with E-state index in [1.54, 1.807) is 18.5 Å². The summed E-state index contributed by atoms with van der Waals surface area (Å²) in [5.74, 6) is -3.04. The molecule has 1 aliphatic rings. The SMILES string of the molecule is C=CC(=O)NCCN(C(=O)C=C)c1ccc(-c2cc(-c3cc4c([nH]3)CCNC4=O)ccn2)cn1.O=C(O)C(F)(F)F. The lowest BCUT2D eigenvalue weighted by molar-refractivity contribution is -0.192. The van der Waals surface area contributed by atoms with Crippen molar-refractivity contribution in [3.63, 3.8) is 0 Å². The Morgan fingerprint density at radius 3 is 2.41 bits per heavy atom. The number of amides is 3. The molecule has 0 atom stereocenters. The fraction of sp³-hybridized carbons (Fsp3) is 0.185. The molecule has 4 rings (SSSR count). The number of rotatable bonds is 8. The molecule has 3 aromatic heterocycles. The summed E-state index contributed by atoms with van der Waals surface area (Å²) in [5.41, 5.74) is 4.82. The van der Waals surface area contributed by atoms with Crippen LogP contribution in [0.1, 0.15) is 16.1 Å². The highest BCUT2D eigenvalue weighted by Crippen LogP contribution is 2.27. The van der Waals surface area contributed by atoms with Gasteiger partial charge in [-0.1, -0.05) is 13.2 Å². The molecule has 4 N–H and O–H groups in total. The lowest BCUT2D eigenvalue weighted by atomic mass is 10.1. The number of nitrogens with one attached hydrogen (secondary N) is 3. The monoisotopic (exact) mass is 570 g/mol. The van der Waals surface area contributed by atoms with Crippen LogP contribution in [0.3, 0.4) is 0 Å². The van der Waals surface area contributed by atoms with Crippen LogP contribution in [0.2, 0.25) is 0 Å². The average molecular weight is 571 g/mol. The number of carbonyl (C=O) groups excluding carboxylic acids is 3. The Bertz CT molecular complexity index is 1470. The van der Waals surface area contributed by atoms with E-state index < -0.39 is 12.1 Å².